The number of nitrogens with zero attached hydrogens (tertiary/aromatic N) is 14. The fourth-order valence-corrected chi connectivity index (χ4v) is 11.3. The number of fused-ring (bicyclic) bond motifs is 3. The number of carbonyl (C=O) groups is 6. The van der Waals surface area contributed by atoms with Gasteiger partial charge in [0.25, 0.3) is 17.7 Å². The highest BCUT2D eigenvalue weighted by atomic mass is 16.6. The number of ether oxygens (including phenoxy) is 2. The second-order valence-corrected chi connectivity index (χ2v) is 22.1. The first-order valence-electron chi connectivity index (χ1n) is 29.7. The van der Waals surface area contributed by atoms with Crippen LogP contribution in [0.5, 0.6) is 11.5 Å². The number of carbonyl (C=O) groups excluding carboxylic acids is 5. The van der Waals surface area contributed by atoms with E-state index in [1.165, 1.54) is 19.2 Å². The van der Waals surface area contributed by atoms with Gasteiger partial charge in [0.05, 0.1) is 48.4 Å². The lowest BCUT2D eigenvalue weighted by Gasteiger charge is -2.33. The van der Waals surface area contributed by atoms with E-state index in [0.29, 0.717) is 107 Å². The van der Waals surface area contributed by atoms with Crippen molar-refractivity contribution in [2.75, 3.05) is 57.1 Å². The maximum Gasteiger partial charge on any atom is 0.320 e. The molecule has 90 heavy (non-hydrogen) atoms. The lowest BCUT2D eigenvalue weighted by molar-refractivity contribution is -0.139. The highest BCUT2D eigenvalue weighted by Crippen LogP contribution is 2.34. The van der Waals surface area contributed by atoms with E-state index >= 15 is 0 Å². The lowest BCUT2D eigenvalue weighted by atomic mass is 9.95. The Morgan fingerprint density at radius 1 is 0.756 bits per heavy atom. The summed E-state index contributed by atoms with van der Waals surface area (Å²) in [4.78, 5) is 96.7. The van der Waals surface area contributed by atoms with Crippen LogP contribution in [0.15, 0.2) is 78.0 Å². The SMILES string of the molecule is CCn1nc(C)cc1C(=O)Nc1nc2cc(C(N)=O)cc(OC)c2n1C/C=C/Cn1c(NC(=O)c2cc(C)nn2CC)nc2cc(C(N)=O)cc(OCCCN3CCC(c4nnc5n4CCN(C(=O)CON=C(C)c4ccc(C[C@H](N)C(=O)O)cc4)C5)CC3)c21. The molecular weight excluding hydrogens is 1160 g/mol. The minimum atomic E-state index is -1.07. The number of primary amides is 2. The van der Waals surface area contributed by atoms with Crippen LogP contribution in [0.3, 0.4) is 0 Å². The second-order valence-electron chi connectivity index (χ2n) is 22.1. The van der Waals surface area contributed by atoms with E-state index in [0.717, 1.165) is 49.4 Å². The largest absolute Gasteiger partial charge is 0.494 e. The first-order valence-corrected chi connectivity index (χ1v) is 29.7. The number of aliphatic carboxylic acids is 1. The fraction of sp³-hybridized carbons (Fsp3) is 0.393. The molecule has 29 heteroatoms. The molecule has 472 valence electrons. The number of allylic oxidation sites excluding steroid dienone is 2. The molecule has 1 atom stereocenters. The molecule has 0 radical (unpaired) electrons. The van der Waals surface area contributed by atoms with Crippen LogP contribution in [0, 0.1) is 13.8 Å². The lowest BCUT2D eigenvalue weighted by Crippen LogP contribution is -2.41. The number of aromatic nitrogens is 11. The van der Waals surface area contributed by atoms with Gasteiger partial charge in [0.2, 0.25) is 23.7 Å². The minimum Gasteiger partial charge on any atom is -0.494 e. The van der Waals surface area contributed by atoms with Crippen LogP contribution in [0.25, 0.3) is 22.1 Å². The van der Waals surface area contributed by atoms with Gasteiger partial charge in [0, 0.05) is 62.9 Å². The number of rotatable bonds is 26. The van der Waals surface area contributed by atoms with Crippen molar-refractivity contribution < 1.29 is 48.2 Å². The highest BCUT2D eigenvalue weighted by Gasteiger charge is 2.31. The summed E-state index contributed by atoms with van der Waals surface area (Å²) in [7, 11) is 1.46. The Balaban J connectivity index is 0.805. The van der Waals surface area contributed by atoms with Crippen molar-refractivity contribution in [1.29, 1.82) is 0 Å². The number of nitrogens with one attached hydrogen (secondary N) is 2. The predicted molar refractivity (Wildman–Crippen MR) is 331 cm³/mol. The molecule has 7 heterocycles. The Labute approximate surface area is 516 Å². The number of carboxylic acid groups (broad SMARTS) is 1. The molecule has 9 N–H and O–H groups in total. The van der Waals surface area contributed by atoms with Crippen molar-refractivity contribution >= 4 is 75.2 Å². The monoisotopic (exact) mass is 1230 g/mol. The zero-order chi connectivity index (χ0) is 63.9. The summed E-state index contributed by atoms with van der Waals surface area (Å²) in [6.45, 7) is 13.9. The van der Waals surface area contributed by atoms with Gasteiger partial charge in [0.1, 0.15) is 45.8 Å². The molecule has 1 fully saturated rings. The van der Waals surface area contributed by atoms with Crippen LogP contribution < -0.4 is 37.3 Å². The first-order chi connectivity index (χ1) is 43.3. The van der Waals surface area contributed by atoms with Crippen LogP contribution in [0.1, 0.15) is 122 Å². The molecule has 0 aliphatic carbocycles. The number of hydrogen-bond acceptors (Lipinski definition) is 18. The van der Waals surface area contributed by atoms with E-state index in [-0.39, 0.29) is 67.6 Å². The topological polar surface area (TPSA) is 373 Å². The number of oxime groups is 1. The Morgan fingerprint density at radius 2 is 1.32 bits per heavy atom. The fourth-order valence-electron chi connectivity index (χ4n) is 11.3. The van der Waals surface area contributed by atoms with Gasteiger partial charge in [0.15, 0.2) is 12.4 Å². The van der Waals surface area contributed by atoms with Crippen molar-refractivity contribution in [3.05, 3.63) is 129 Å². The quantitative estimate of drug-likeness (QED) is 0.0190. The molecule has 2 aliphatic heterocycles. The number of likely N-dealkylation sites (tertiary alicyclic amines) is 1. The van der Waals surface area contributed by atoms with Crippen LogP contribution in [0.4, 0.5) is 11.9 Å². The molecular formula is C61H73N19O10. The van der Waals surface area contributed by atoms with Crippen molar-refractivity contribution in [2.24, 2.45) is 22.4 Å². The van der Waals surface area contributed by atoms with E-state index in [1.54, 1.807) is 92.7 Å². The van der Waals surface area contributed by atoms with Crippen molar-refractivity contribution in [1.82, 2.24) is 63.2 Å². The number of amides is 5. The zero-order valence-electron chi connectivity index (χ0n) is 51.0. The molecule has 0 unspecified atom stereocenters. The minimum absolute atomic E-state index is 0.122. The second kappa shape index (κ2) is 27.4. The number of anilines is 2. The maximum atomic E-state index is 14.1. The van der Waals surface area contributed by atoms with Gasteiger partial charge < -0.3 is 60.1 Å². The first kappa shape index (κ1) is 62.8. The van der Waals surface area contributed by atoms with E-state index in [4.69, 9.17) is 46.6 Å². The van der Waals surface area contributed by atoms with Crippen LogP contribution in [-0.4, -0.2) is 162 Å². The van der Waals surface area contributed by atoms with E-state index < -0.39 is 35.6 Å². The third-order valence-electron chi connectivity index (χ3n) is 16.0. The number of benzene rings is 3. The summed E-state index contributed by atoms with van der Waals surface area (Å²) in [5.74, 6) is -0.839. The van der Waals surface area contributed by atoms with Crippen molar-refractivity contribution in [2.45, 2.75) is 112 Å². The highest BCUT2D eigenvalue weighted by molar-refractivity contribution is 6.05. The summed E-state index contributed by atoms with van der Waals surface area (Å²) in [6.07, 6.45) is 6.23. The van der Waals surface area contributed by atoms with E-state index in [9.17, 15) is 28.8 Å². The Bertz CT molecular complexity index is 4090. The number of methoxy groups -OCH3 is 1. The van der Waals surface area contributed by atoms with E-state index in [2.05, 4.69) is 45.7 Å². The maximum absolute atomic E-state index is 14.1. The van der Waals surface area contributed by atoms with E-state index in [1.807, 2.05) is 26.0 Å². The van der Waals surface area contributed by atoms with Gasteiger partial charge in [-0.25, -0.2) is 9.97 Å². The number of aryl methyl sites for hydroxylation is 4. The summed E-state index contributed by atoms with van der Waals surface area (Å²) in [5, 5.41) is 37.2. The molecule has 0 spiro atoms. The molecule has 5 amide bonds. The van der Waals surface area contributed by atoms with Gasteiger partial charge in [-0.1, -0.05) is 41.6 Å². The average molecular weight is 1230 g/mol. The van der Waals surface area contributed by atoms with Gasteiger partial charge in [-0.3, -0.25) is 48.8 Å². The Morgan fingerprint density at radius 3 is 1.87 bits per heavy atom. The summed E-state index contributed by atoms with van der Waals surface area (Å²) >= 11 is 0. The molecule has 5 aromatic heterocycles. The molecule has 0 bridgehead atoms. The smallest absolute Gasteiger partial charge is 0.320 e. The molecule has 0 saturated carbocycles. The average Bonchev–Trinajstić information content (AvgIpc) is 1.63. The number of nitrogens with two attached hydrogens (primary N) is 3. The summed E-state index contributed by atoms with van der Waals surface area (Å²) in [6, 6.07) is 15.7. The molecule has 1 saturated heterocycles. The molecule has 3 aromatic carbocycles. The van der Waals surface area contributed by atoms with Crippen molar-refractivity contribution in [3.63, 3.8) is 0 Å². The predicted octanol–water partition coefficient (Wildman–Crippen LogP) is 4.38. The molecule has 2 aliphatic rings. The molecule has 10 rings (SSSR count). The van der Waals surface area contributed by atoms with Crippen molar-refractivity contribution in [3.8, 4) is 11.5 Å². The normalized spacial score (nSPS) is 14.3. The Hall–Kier alpha value is -10.3. The molecule has 29 nitrogen and oxygen atoms in total. The van der Waals surface area contributed by atoms with Crippen LogP contribution >= 0.6 is 0 Å². The van der Waals surface area contributed by atoms with Crippen LogP contribution in [0.2, 0.25) is 0 Å². The van der Waals surface area contributed by atoms with Gasteiger partial charge in [-0.05, 0) is 121 Å². The van der Waals surface area contributed by atoms with Gasteiger partial charge in [-0.2, -0.15) is 10.2 Å². The number of hydrogen-bond donors (Lipinski definition) is 6. The number of imidazole rings is 2. The third-order valence-corrected chi connectivity index (χ3v) is 16.0. The standard InChI is InChI=1S/C61H73N19O10/c1-7-79-46(26-35(3)71-79)57(84)67-60-65-44-29-41(54(63)82)31-48(88-6)52(44)77(60)19-9-10-20-78-53-45(66-61(78)68-58(85)47-27-36(4)72-80(47)8-2)30-42(55(64)83)32-49(53)89-25-11-18-74-21-16-40(17-22-74)56-70-69-50-33-75(23-24-76(50)56)51(81)34-90-73-37(5)39-14-12-38(13-15-39)28-43(62)59(86)87/h9-10,12-15,26-27,29-32,40,43H,7-8,11,16-25,28,33-34,62H2,1-6H3,(H2,63,82)(H2,64,83)(H,86,87)(H,65,67,84)(H,66,68,85)/b10-9+,73-37?/t43-/m0/s1. The zero-order valence-corrected chi connectivity index (χ0v) is 51.0. The van der Waals surface area contributed by atoms with Gasteiger partial charge >= 0.3 is 5.97 Å². The Kier molecular flexibility index (Phi) is 19.1. The third kappa shape index (κ3) is 13.8. The number of piperidine rings is 1. The summed E-state index contributed by atoms with van der Waals surface area (Å²) in [5.41, 5.74) is 23.3. The number of carboxylic acids is 1. The molecule has 8 aromatic rings. The summed E-state index contributed by atoms with van der Waals surface area (Å²) < 4.78 is 21.1. The van der Waals surface area contributed by atoms with Gasteiger partial charge in [-0.15, -0.1) is 10.2 Å². The van der Waals surface area contributed by atoms with Crippen LogP contribution in [-0.2, 0) is 60.1 Å².